The Morgan fingerprint density at radius 2 is 1.70 bits per heavy atom. The van der Waals surface area contributed by atoms with Crippen molar-refractivity contribution in [1.82, 2.24) is 14.7 Å². The number of carbonyl (C=O) groups is 2. The molecule has 2 heterocycles. The van der Waals surface area contributed by atoms with Gasteiger partial charge in [-0.1, -0.05) is 44.2 Å². The summed E-state index contributed by atoms with van der Waals surface area (Å²) in [4.78, 5) is 28.4. The number of piperidine rings is 1. The van der Waals surface area contributed by atoms with Crippen molar-refractivity contribution in [3.05, 3.63) is 72.1 Å². The molecule has 2 amide bonds. The van der Waals surface area contributed by atoms with E-state index in [9.17, 15) is 9.59 Å². The van der Waals surface area contributed by atoms with Crippen LogP contribution in [0.3, 0.4) is 0 Å². The van der Waals surface area contributed by atoms with E-state index >= 15 is 0 Å². The standard InChI is InChI=1S/C26H30N4O3/c1-4-33-23-17-30(20-10-6-5-7-11-20)28-24(23)25(31)27-22-13-9-8-12-21(22)26(32)29-15-18(2)14-19(3)16-29/h5-13,17-19H,4,14-16H2,1-3H3,(H,27,31). The average molecular weight is 447 g/mol. The van der Waals surface area contributed by atoms with Gasteiger partial charge < -0.3 is 15.0 Å². The van der Waals surface area contributed by atoms with Crippen LogP contribution in [0, 0.1) is 11.8 Å². The van der Waals surface area contributed by atoms with E-state index in [0.717, 1.165) is 25.2 Å². The molecule has 1 fully saturated rings. The SMILES string of the molecule is CCOc1cn(-c2ccccc2)nc1C(=O)Nc1ccccc1C(=O)N1CC(C)CC(C)C1. The quantitative estimate of drug-likeness (QED) is 0.598. The zero-order valence-corrected chi connectivity index (χ0v) is 19.3. The third kappa shape index (κ3) is 5.08. The largest absolute Gasteiger partial charge is 0.490 e. The molecule has 172 valence electrons. The second-order valence-electron chi connectivity index (χ2n) is 8.71. The highest BCUT2D eigenvalue weighted by Crippen LogP contribution is 2.26. The number of likely N-dealkylation sites (tertiary alicyclic amines) is 1. The second-order valence-corrected chi connectivity index (χ2v) is 8.71. The molecule has 0 aliphatic carbocycles. The Kier molecular flexibility index (Phi) is 6.77. The zero-order valence-electron chi connectivity index (χ0n) is 19.3. The third-order valence-corrected chi connectivity index (χ3v) is 5.78. The van der Waals surface area contributed by atoms with Gasteiger partial charge in [0.25, 0.3) is 11.8 Å². The van der Waals surface area contributed by atoms with E-state index in [1.165, 1.54) is 0 Å². The third-order valence-electron chi connectivity index (χ3n) is 5.78. The van der Waals surface area contributed by atoms with Crippen LogP contribution in [0.1, 0.15) is 48.0 Å². The van der Waals surface area contributed by atoms with Gasteiger partial charge in [0.1, 0.15) is 0 Å². The molecule has 7 heteroatoms. The summed E-state index contributed by atoms with van der Waals surface area (Å²) >= 11 is 0. The molecule has 0 radical (unpaired) electrons. The number of ether oxygens (including phenoxy) is 1. The summed E-state index contributed by atoms with van der Waals surface area (Å²) in [5.41, 5.74) is 1.94. The molecular formula is C26H30N4O3. The van der Waals surface area contributed by atoms with Gasteiger partial charge in [0.05, 0.1) is 29.7 Å². The lowest BCUT2D eigenvalue weighted by Crippen LogP contribution is -2.42. The summed E-state index contributed by atoms with van der Waals surface area (Å²) in [5, 5.41) is 7.35. The maximum atomic E-state index is 13.3. The monoisotopic (exact) mass is 446 g/mol. The number of amides is 2. The van der Waals surface area contributed by atoms with Crippen molar-refractivity contribution in [2.24, 2.45) is 11.8 Å². The molecule has 1 aliphatic heterocycles. The number of aromatic nitrogens is 2. The average Bonchev–Trinajstić information content (AvgIpc) is 3.23. The minimum atomic E-state index is -0.422. The van der Waals surface area contributed by atoms with Crippen molar-refractivity contribution in [2.45, 2.75) is 27.2 Å². The highest BCUT2D eigenvalue weighted by Gasteiger charge is 2.28. The topological polar surface area (TPSA) is 76.5 Å². The molecule has 7 nitrogen and oxygen atoms in total. The van der Waals surface area contributed by atoms with Crippen molar-refractivity contribution in [3.63, 3.8) is 0 Å². The second kappa shape index (κ2) is 9.90. The molecule has 4 rings (SSSR count). The van der Waals surface area contributed by atoms with Crippen LogP contribution in [0.25, 0.3) is 5.69 Å². The number of rotatable bonds is 6. The molecule has 3 aromatic rings. The van der Waals surface area contributed by atoms with Gasteiger partial charge in [-0.15, -0.1) is 0 Å². The lowest BCUT2D eigenvalue weighted by Gasteiger charge is -2.35. The van der Waals surface area contributed by atoms with Gasteiger partial charge in [-0.25, -0.2) is 4.68 Å². The predicted molar refractivity (Wildman–Crippen MR) is 128 cm³/mol. The highest BCUT2D eigenvalue weighted by molar-refractivity contribution is 6.09. The summed E-state index contributed by atoms with van der Waals surface area (Å²) in [7, 11) is 0. The minimum absolute atomic E-state index is 0.0656. The number of hydrogen-bond acceptors (Lipinski definition) is 4. The number of nitrogens with one attached hydrogen (secondary N) is 1. The van der Waals surface area contributed by atoms with Gasteiger partial charge in [-0.2, -0.15) is 5.10 Å². The van der Waals surface area contributed by atoms with Crippen molar-refractivity contribution in [2.75, 3.05) is 25.0 Å². The first-order chi connectivity index (χ1) is 16.0. The van der Waals surface area contributed by atoms with Gasteiger partial charge in [-0.3, -0.25) is 9.59 Å². The van der Waals surface area contributed by atoms with Gasteiger partial charge in [0, 0.05) is 13.1 Å². The molecule has 0 spiro atoms. The van der Waals surface area contributed by atoms with Crippen LogP contribution in [-0.4, -0.2) is 46.2 Å². The molecule has 1 N–H and O–H groups in total. The fraction of sp³-hybridized carbons (Fsp3) is 0.346. The Bertz CT molecular complexity index is 1120. The number of carbonyl (C=O) groups excluding carboxylic acids is 2. The lowest BCUT2D eigenvalue weighted by atomic mass is 9.91. The van der Waals surface area contributed by atoms with Crippen LogP contribution >= 0.6 is 0 Å². The van der Waals surface area contributed by atoms with E-state index in [2.05, 4.69) is 24.3 Å². The molecule has 1 aromatic heterocycles. The fourth-order valence-corrected chi connectivity index (χ4v) is 4.45. The van der Waals surface area contributed by atoms with Crippen LogP contribution in [0.5, 0.6) is 5.75 Å². The first-order valence-electron chi connectivity index (χ1n) is 11.4. The number of para-hydroxylation sites is 2. The molecule has 33 heavy (non-hydrogen) atoms. The molecule has 1 aliphatic rings. The molecule has 1 saturated heterocycles. The Morgan fingerprint density at radius 3 is 2.39 bits per heavy atom. The molecule has 0 bridgehead atoms. The lowest BCUT2D eigenvalue weighted by molar-refractivity contribution is 0.0624. The predicted octanol–water partition coefficient (Wildman–Crippen LogP) is 4.64. The smallest absolute Gasteiger partial charge is 0.280 e. The Labute approximate surface area is 194 Å². The van der Waals surface area contributed by atoms with Gasteiger partial charge in [0.15, 0.2) is 11.4 Å². The van der Waals surface area contributed by atoms with Gasteiger partial charge in [-0.05, 0) is 49.4 Å². The summed E-state index contributed by atoms with van der Waals surface area (Å²) < 4.78 is 7.29. The zero-order chi connectivity index (χ0) is 23.4. The maximum absolute atomic E-state index is 13.3. The number of benzene rings is 2. The molecule has 0 saturated carbocycles. The maximum Gasteiger partial charge on any atom is 0.280 e. The first-order valence-corrected chi connectivity index (χ1v) is 11.4. The summed E-state index contributed by atoms with van der Waals surface area (Å²) in [6.45, 7) is 8.05. The van der Waals surface area contributed by atoms with E-state index in [4.69, 9.17) is 4.74 Å². The summed E-state index contributed by atoms with van der Waals surface area (Å²) in [6, 6.07) is 16.7. The van der Waals surface area contributed by atoms with Crippen LogP contribution in [0.2, 0.25) is 0 Å². The summed E-state index contributed by atoms with van der Waals surface area (Å²) in [6.07, 6.45) is 2.81. The normalized spacial score (nSPS) is 18.1. The van der Waals surface area contributed by atoms with Gasteiger partial charge >= 0.3 is 0 Å². The van der Waals surface area contributed by atoms with E-state index < -0.39 is 5.91 Å². The van der Waals surface area contributed by atoms with E-state index in [0.29, 0.717) is 35.4 Å². The molecule has 2 aromatic carbocycles. The first kappa shape index (κ1) is 22.6. The van der Waals surface area contributed by atoms with Crippen molar-refractivity contribution < 1.29 is 14.3 Å². The van der Waals surface area contributed by atoms with Crippen molar-refractivity contribution in [3.8, 4) is 11.4 Å². The Morgan fingerprint density at radius 1 is 1.03 bits per heavy atom. The number of hydrogen-bond donors (Lipinski definition) is 1. The fourth-order valence-electron chi connectivity index (χ4n) is 4.45. The molecule has 2 atom stereocenters. The number of nitrogens with zero attached hydrogens (tertiary/aromatic N) is 3. The van der Waals surface area contributed by atoms with Gasteiger partial charge in [0.2, 0.25) is 0 Å². The van der Waals surface area contributed by atoms with Crippen LogP contribution in [0.15, 0.2) is 60.8 Å². The van der Waals surface area contributed by atoms with Crippen LogP contribution in [0.4, 0.5) is 5.69 Å². The van der Waals surface area contributed by atoms with Crippen molar-refractivity contribution in [1.29, 1.82) is 0 Å². The van der Waals surface area contributed by atoms with E-state index in [1.807, 2.05) is 48.2 Å². The Balaban J connectivity index is 1.60. The Hall–Kier alpha value is -3.61. The number of anilines is 1. The van der Waals surface area contributed by atoms with E-state index in [-0.39, 0.29) is 11.6 Å². The minimum Gasteiger partial charge on any atom is -0.490 e. The van der Waals surface area contributed by atoms with E-state index in [1.54, 1.807) is 29.1 Å². The van der Waals surface area contributed by atoms with Crippen LogP contribution < -0.4 is 10.1 Å². The van der Waals surface area contributed by atoms with Crippen LogP contribution in [-0.2, 0) is 0 Å². The van der Waals surface area contributed by atoms with Crippen molar-refractivity contribution >= 4 is 17.5 Å². The molecular weight excluding hydrogens is 416 g/mol. The summed E-state index contributed by atoms with van der Waals surface area (Å²) in [5.74, 6) is 0.810. The molecule has 2 unspecified atom stereocenters. The highest BCUT2D eigenvalue weighted by atomic mass is 16.5.